The maximum Gasteiger partial charge on any atom is 0.452 e. The second kappa shape index (κ2) is 14.9. The molecule has 0 spiro atoms. The zero-order valence-electron chi connectivity index (χ0n) is 24.3. The molecule has 0 radical (unpaired) electrons. The van der Waals surface area contributed by atoms with Crippen LogP contribution < -0.4 is 16.0 Å². The van der Waals surface area contributed by atoms with E-state index in [1.807, 2.05) is 0 Å². The van der Waals surface area contributed by atoms with E-state index in [0.717, 1.165) is 5.56 Å². The van der Waals surface area contributed by atoms with Crippen molar-refractivity contribution in [2.24, 2.45) is 10.2 Å². The van der Waals surface area contributed by atoms with E-state index in [4.69, 9.17) is 4.74 Å². The molecular formula is C31H32F3N5O5. The Kier molecular flexibility index (Phi) is 11.3. The van der Waals surface area contributed by atoms with Crippen molar-refractivity contribution in [3.63, 3.8) is 0 Å². The minimum atomic E-state index is -5.11. The summed E-state index contributed by atoms with van der Waals surface area (Å²) in [7, 11) is 0. The summed E-state index contributed by atoms with van der Waals surface area (Å²) in [5, 5.41) is 15.5. The van der Waals surface area contributed by atoms with Crippen LogP contribution in [0.3, 0.4) is 0 Å². The third kappa shape index (κ3) is 11.3. The summed E-state index contributed by atoms with van der Waals surface area (Å²) in [5.74, 6) is -3.27. The highest BCUT2D eigenvalue weighted by Gasteiger charge is 2.44. The van der Waals surface area contributed by atoms with Crippen molar-refractivity contribution in [3.8, 4) is 0 Å². The maximum atomic E-state index is 13.2. The number of nitrogens with one attached hydrogen (secondary N) is 3. The molecule has 44 heavy (non-hydrogen) atoms. The number of ether oxygens (including phenoxy) is 1. The molecule has 0 bridgehead atoms. The summed E-state index contributed by atoms with van der Waals surface area (Å²) in [5.41, 5.74) is 1.50. The topological polar surface area (TPSA) is 138 Å². The number of amides is 3. The Morgan fingerprint density at radius 3 is 1.89 bits per heavy atom. The van der Waals surface area contributed by atoms with Crippen molar-refractivity contribution in [1.82, 2.24) is 16.0 Å². The van der Waals surface area contributed by atoms with Crippen molar-refractivity contribution in [2.75, 3.05) is 6.54 Å². The van der Waals surface area contributed by atoms with Gasteiger partial charge in [-0.15, -0.1) is 0 Å². The average Bonchev–Trinajstić information content (AvgIpc) is 2.97. The van der Waals surface area contributed by atoms with Crippen molar-refractivity contribution in [3.05, 3.63) is 95.6 Å². The standard InChI is InChI=1S/C31H32F3N5O5/c1-30(2,3)44-29(43)36-19-26(40)35-18-21-9-13-23(14-10-21)38-39-24-15-11-22(12-16-24)28(42)37-25(27(41)31(32,33)34)17-20-7-5-4-6-8-20/h4-16,25H,17-19H2,1-3H3,(H,35,40)(H,36,43)(H,37,42). The fourth-order valence-electron chi connectivity index (χ4n) is 3.70. The van der Waals surface area contributed by atoms with Gasteiger partial charge in [-0.25, -0.2) is 4.79 Å². The van der Waals surface area contributed by atoms with Crippen LogP contribution in [-0.4, -0.2) is 48.1 Å². The Bertz CT molecular complexity index is 1470. The number of hydrogen-bond acceptors (Lipinski definition) is 7. The van der Waals surface area contributed by atoms with Gasteiger partial charge in [0.15, 0.2) is 0 Å². The lowest BCUT2D eigenvalue weighted by atomic mass is 10.0. The molecule has 3 aromatic rings. The second-order valence-electron chi connectivity index (χ2n) is 10.6. The molecule has 0 fully saturated rings. The van der Waals surface area contributed by atoms with Gasteiger partial charge in [-0.05, 0) is 68.3 Å². The minimum Gasteiger partial charge on any atom is -0.444 e. The van der Waals surface area contributed by atoms with Gasteiger partial charge in [0.25, 0.3) is 11.7 Å². The number of carbonyl (C=O) groups excluding carboxylic acids is 4. The van der Waals surface area contributed by atoms with E-state index in [1.165, 1.54) is 24.3 Å². The number of Topliss-reactive ketones (excluding diaryl/α,β-unsaturated/α-hetero) is 1. The van der Waals surface area contributed by atoms with Crippen molar-refractivity contribution < 1.29 is 37.1 Å². The summed E-state index contributed by atoms with van der Waals surface area (Å²) < 4.78 is 44.6. The molecule has 0 heterocycles. The summed E-state index contributed by atoms with van der Waals surface area (Å²) in [4.78, 5) is 48.3. The van der Waals surface area contributed by atoms with E-state index in [0.29, 0.717) is 16.9 Å². The predicted molar refractivity (Wildman–Crippen MR) is 156 cm³/mol. The molecule has 232 valence electrons. The molecule has 3 aromatic carbocycles. The van der Waals surface area contributed by atoms with E-state index in [2.05, 4.69) is 26.2 Å². The molecule has 0 aliphatic heterocycles. The van der Waals surface area contributed by atoms with Gasteiger partial charge in [0.2, 0.25) is 5.91 Å². The smallest absolute Gasteiger partial charge is 0.444 e. The van der Waals surface area contributed by atoms with E-state index in [-0.39, 0.29) is 25.1 Å². The van der Waals surface area contributed by atoms with Gasteiger partial charge >= 0.3 is 12.3 Å². The number of halogens is 3. The highest BCUT2D eigenvalue weighted by Crippen LogP contribution is 2.22. The van der Waals surface area contributed by atoms with Gasteiger partial charge in [0.1, 0.15) is 18.2 Å². The molecule has 1 unspecified atom stereocenters. The van der Waals surface area contributed by atoms with Crippen LogP contribution in [0.2, 0.25) is 0 Å². The summed E-state index contributed by atoms with van der Waals surface area (Å²) in [6, 6.07) is 18.8. The van der Waals surface area contributed by atoms with Crippen LogP contribution in [-0.2, 0) is 27.3 Å². The van der Waals surface area contributed by atoms with Crippen LogP contribution in [0, 0.1) is 0 Å². The van der Waals surface area contributed by atoms with E-state index in [1.54, 1.807) is 75.4 Å². The van der Waals surface area contributed by atoms with Gasteiger partial charge in [0.05, 0.1) is 11.4 Å². The van der Waals surface area contributed by atoms with Gasteiger partial charge in [-0.2, -0.15) is 23.4 Å². The number of azo groups is 1. The first-order valence-corrected chi connectivity index (χ1v) is 13.5. The highest BCUT2D eigenvalue weighted by molar-refractivity contribution is 5.99. The fraction of sp³-hybridized carbons (Fsp3) is 0.290. The zero-order valence-corrected chi connectivity index (χ0v) is 24.3. The first kappa shape index (κ1) is 33.4. The SMILES string of the molecule is CC(C)(C)OC(=O)NCC(=O)NCc1ccc(N=Nc2ccc(C(=O)NC(Cc3ccccc3)C(=O)C(F)(F)F)cc2)cc1. The van der Waals surface area contributed by atoms with Crippen LogP contribution in [0.25, 0.3) is 0 Å². The second-order valence-corrected chi connectivity index (χ2v) is 10.6. The van der Waals surface area contributed by atoms with Crippen LogP contribution in [0.15, 0.2) is 89.1 Å². The van der Waals surface area contributed by atoms with Gasteiger partial charge in [-0.3, -0.25) is 14.4 Å². The normalized spacial score (nSPS) is 12.3. The Hall–Kier alpha value is -5.07. The molecule has 3 N–H and O–H groups in total. The fourth-order valence-corrected chi connectivity index (χ4v) is 3.70. The number of benzene rings is 3. The lowest BCUT2D eigenvalue weighted by Crippen LogP contribution is -2.48. The third-order valence-electron chi connectivity index (χ3n) is 5.81. The first-order chi connectivity index (χ1) is 20.7. The minimum absolute atomic E-state index is 0.0460. The van der Waals surface area contributed by atoms with Crippen molar-refractivity contribution in [1.29, 1.82) is 0 Å². The van der Waals surface area contributed by atoms with Gasteiger partial charge in [0, 0.05) is 18.5 Å². The molecule has 1 atom stereocenters. The number of alkyl halides is 3. The van der Waals surface area contributed by atoms with Crippen LogP contribution in [0.1, 0.15) is 42.3 Å². The molecule has 0 aliphatic rings. The lowest BCUT2D eigenvalue weighted by Gasteiger charge is -2.19. The van der Waals surface area contributed by atoms with Gasteiger partial charge < -0.3 is 20.7 Å². The Labute approximate surface area is 252 Å². The van der Waals surface area contributed by atoms with Crippen LogP contribution in [0.5, 0.6) is 0 Å². The molecule has 3 rings (SSSR count). The molecule has 10 nitrogen and oxygen atoms in total. The summed E-state index contributed by atoms with van der Waals surface area (Å²) in [6.45, 7) is 5.13. The van der Waals surface area contributed by atoms with E-state index >= 15 is 0 Å². The number of nitrogens with zero attached hydrogens (tertiary/aromatic N) is 2. The number of alkyl carbamates (subject to hydrolysis) is 1. The Balaban J connectivity index is 1.52. The lowest BCUT2D eigenvalue weighted by molar-refractivity contribution is -0.173. The zero-order chi connectivity index (χ0) is 32.3. The predicted octanol–water partition coefficient (Wildman–Crippen LogP) is 5.72. The molecule has 13 heteroatoms. The number of hydrogen-bond donors (Lipinski definition) is 3. The molecular weight excluding hydrogens is 579 g/mol. The Morgan fingerprint density at radius 2 is 1.34 bits per heavy atom. The number of rotatable bonds is 11. The largest absolute Gasteiger partial charge is 0.452 e. The molecule has 3 amide bonds. The van der Waals surface area contributed by atoms with E-state index < -0.39 is 41.5 Å². The molecule has 0 saturated carbocycles. The summed E-state index contributed by atoms with van der Waals surface area (Å²) >= 11 is 0. The summed E-state index contributed by atoms with van der Waals surface area (Å²) in [6.07, 6.45) is -6.11. The molecule has 0 saturated heterocycles. The van der Waals surface area contributed by atoms with Gasteiger partial charge in [-0.1, -0.05) is 42.5 Å². The number of ketones is 1. The Morgan fingerprint density at radius 1 is 0.773 bits per heavy atom. The van der Waals surface area contributed by atoms with Crippen molar-refractivity contribution >= 4 is 35.1 Å². The maximum absolute atomic E-state index is 13.2. The quantitative estimate of drug-likeness (QED) is 0.238. The molecule has 0 aromatic heterocycles. The van der Waals surface area contributed by atoms with Crippen LogP contribution >= 0.6 is 0 Å². The van der Waals surface area contributed by atoms with E-state index in [9.17, 15) is 32.3 Å². The monoisotopic (exact) mass is 611 g/mol. The third-order valence-corrected chi connectivity index (χ3v) is 5.81. The highest BCUT2D eigenvalue weighted by atomic mass is 19.4. The average molecular weight is 612 g/mol. The molecule has 0 aliphatic carbocycles. The number of carbonyl (C=O) groups is 4. The van der Waals surface area contributed by atoms with Crippen LogP contribution in [0.4, 0.5) is 29.3 Å². The van der Waals surface area contributed by atoms with Crippen molar-refractivity contribution in [2.45, 2.75) is 51.6 Å². The first-order valence-electron chi connectivity index (χ1n) is 13.5.